The lowest BCUT2D eigenvalue weighted by molar-refractivity contribution is 0.0846. The fourth-order valence-electron chi connectivity index (χ4n) is 2.31. The third-order valence-corrected chi connectivity index (χ3v) is 3.87. The lowest BCUT2D eigenvalue weighted by Gasteiger charge is -2.08. The molecule has 1 aromatic heterocycles. The Hall–Kier alpha value is -3.12. The van der Waals surface area contributed by atoms with Gasteiger partial charge in [0.05, 0.1) is 5.02 Å². The average molecular weight is 356 g/mol. The van der Waals surface area contributed by atoms with E-state index >= 15 is 0 Å². The highest BCUT2D eigenvalue weighted by atomic mass is 35.5. The van der Waals surface area contributed by atoms with Crippen LogP contribution in [0.4, 0.5) is 0 Å². The SMILES string of the molecule is Cc1onc(-c2ccccc2Cl)c1C(=O)NNC(=O)c1ccccc1. The maximum atomic E-state index is 12.5. The van der Waals surface area contributed by atoms with Crippen LogP contribution in [0.5, 0.6) is 0 Å². The molecule has 0 aliphatic heterocycles. The Balaban J connectivity index is 1.80. The normalized spacial score (nSPS) is 10.3. The number of benzene rings is 2. The zero-order valence-corrected chi connectivity index (χ0v) is 14.0. The van der Waals surface area contributed by atoms with Crippen molar-refractivity contribution in [3.05, 3.63) is 76.5 Å². The monoisotopic (exact) mass is 355 g/mol. The van der Waals surface area contributed by atoms with Crippen LogP contribution in [0.25, 0.3) is 11.3 Å². The van der Waals surface area contributed by atoms with Crippen LogP contribution in [-0.2, 0) is 0 Å². The molecule has 0 radical (unpaired) electrons. The number of halogens is 1. The van der Waals surface area contributed by atoms with E-state index in [1.165, 1.54) is 0 Å². The molecule has 2 N–H and O–H groups in total. The lowest BCUT2D eigenvalue weighted by atomic mass is 10.1. The second-order valence-electron chi connectivity index (χ2n) is 5.22. The molecule has 3 rings (SSSR count). The number of amides is 2. The molecule has 0 saturated heterocycles. The van der Waals surface area contributed by atoms with E-state index in [1.54, 1.807) is 61.5 Å². The second-order valence-corrected chi connectivity index (χ2v) is 5.62. The molecule has 3 aromatic rings. The summed E-state index contributed by atoms with van der Waals surface area (Å²) in [4.78, 5) is 24.5. The second kappa shape index (κ2) is 7.19. The Bertz CT molecular complexity index is 922. The van der Waals surface area contributed by atoms with E-state index in [4.69, 9.17) is 16.1 Å². The largest absolute Gasteiger partial charge is 0.360 e. The van der Waals surface area contributed by atoms with Crippen LogP contribution in [0.2, 0.25) is 5.02 Å². The highest BCUT2D eigenvalue weighted by Crippen LogP contribution is 2.30. The number of nitrogens with zero attached hydrogens (tertiary/aromatic N) is 1. The number of rotatable bonds is 3. The molecule has 0 spiro atoms. The Kier molecular flexibility index (Phi) is 4.81. The van der Waals surface area contributed by atoms with Crippen LogP contribution < -0.4 is 10.9 Å². The third-order valence-electron chi connectivity index (χ3n) is 3.54. The van der Waals surface area contributed by atoms with Crippen LogP contribution in [0.3, 0.4) is 0 Å². The Morgan fingerprint density at radius 3 is 2.32 bits per heavy atom. The minimum atomic E-state index is -0.544. The van der Waals surface area contributed by atoms with Crippen molar-refractivity contribution in [2.24, 2.45) is 0 Å². The van der Waals surface area contributed by atoms with Gasteiger partial charge in [-0.1, -0.05) is 53.2 Å². The molecule has 2 amide bonds. The van der Waals surface area contributed by atoms with Gasteiger partial charge in [-0.25, -0.2) is 0 Å². The number of aromatic nitrogens is 1. The molecule has 25 heavy (non-hydrogen) atoms. The highest BCUT2D eigenvalue weighted by Gasteiger charge is 2.23. The van der Waals surface area contributed by atoms with Crippen molar-refractivity contribution in [2.45, 2.75) is 6.92 Å². The van der Waals surface area contributed by atoms with Crippen LogP contribution in [0, 0.1) is 6.92 Å². The maximum absolute atomic E-state index is 12.5. The Morgan fingerprint density at radius 2 is 1.60 bits per heavy atom. The van der Waals surface area contributed by atoms with Gasteiger partial charge in [-0.05, 0) is 25.1 Å². The number of nitrogens with one attached hydrogen (secondary N) is 2. The van der Waals surface area contributed by atoms with Gasteiger partial charge >= 0.3 is 0 Å². The van der Waals surface area contributed by atoms with E-state index < -0.39 is 11.8 Å². The fourth-order valence-corrected chi connectivity index (χ4v) is 2.54. The molecule has 6 nitrogen and oxygen atoms in total. The third kappa shape index (κ3) is 3.54. The van der Waals surface area contributed by atoms with Gasteiger partial charge in [0.1, 0.15) is 17.0 Å². The first-order chi connectivity index (χ1) is 12.1. The van der Waals surface area contributed by atoms with Gasteiger partial charge in [0, 0.05) is 11.1 Å². The van der Waals surface area contributed by atoms with Gasteiger partial charge in [-0.2, -0.15) is 0 Å². The van der Waals surface area contributed by atoms with Gasteiger partial charge in [0.2, 0.25) is 0 Å². The van der Waals surface area contributed by atoms with Crippen molar-refractivity contribution in [1.82, 2.24) is 16.0 Å². The molecule has 0 unspecified atom stereocenters. The summed E-state index contributed by atoms with van der Waals surface area (Å²) < 4.78 is 5.14. The van der Waals surface area contributed by atoms with E-state index in [2.05, 4.69) is 16.0 Å². The van der Waals surface area contributed by atoms with Gasteiger partial charge < -0.3 is 4.52 Å². The van der Waals surface area contributed by atoms with Crippen molar-refractivity contribution >= 4 is 23.4 Å². The number of carbonyl (C=O) groups is 2. The predicted octanol–water partition coefficient (Wildman–Crippen LogP) is 3.38. The quantitative estimate of drug-likeness (QED) is 0.705. The molecule has 126 valence electrons. The zero-order chi connectivity index (χ0) is 17.8. The first kappa shape index (κ1) is 16.7. The fraction of sp³-hybridized carbons (Fsp3) is 0.0556. The summed E-state index contributed by atoms with van der Waals surface area (Å²) in [7, 11) is 0. The minimum Gasteiger partial charge on any atom is -0.360 e. The molecular formula is C18H14ClN3O3. The summed E-state index contributed by atoms with van der Waals surface area (Å²) in [5.41, 5.74) is 6.26. The summed E-state index contributed by atoms with van der Waals surface area (Å²) in [5.74, 6) is -0.651. The van der Waals surface area contributed by atoms with E-state index in [-0.39, 0.29) is 5.56 Å². The molecule has 0 fully saturated rings. The molecule has 0 aliphatic rings. The van der Waals surface area contributed by atoms with Gasteiger partial charge in [-0.3, -0.25) is 20.4 Å². The smallest absolute Gasteiger partial charge is 0.275 e. The molecule has 0 bridgehead atoms. The standard InChI is InChI=1S/C18H14ClN3O3/c1-11-15(16(22-25-11)13-9-5-6-10-14(13)19)18(24)21-20-17(23)12-7-3-2-4-8-12/h2-10H,1H3,(H,20,23)(H,21,24). The zero-order valence-electron chi connectivity index (χ0n) is 13.2. The van der Waals surface area contributed by atoms with Crippen LogP contribution >= 0.6 is 11.6 Å². The van der Waals surface area contributed by atoms with Crippen LogP contribution in [0.15, 0.2) is 59.1 Å². The summed E-state index contributed by atoms with van der Waals surface area (Å²) in [6.45, 7) is 1.61. The van der Waals surface area contributed by atoms with Gasteiger partial charge in [-0.15, -0.1) is 0 Å². The van der Waals surface area contributed by atoms with Crippen LogP contribution in [0.1, 0.15) is 26.5 Å². The highest BCUT2D eigenvalue weighted by molar-refractivity contribution is 6.33. The first-order valence-corrected chi connectivity index (χ1v) is 7.82. The van der Waals surface area contributed by atoms with Gasteiger partial charge in [0.25, 0.3) is 11.8 Å². The van der Waals surface area contributed by atoms with Gasteiger partial charge in [0.15, 0.2) is 0 Å². The van der Waals surface area contributed by atoms with Crippen LogP contribution in [-0.4, -0.2) is 17.0 Å². The average Bonchev–Trinajstić information content (AvgIpc) is 3.02. The number of aryl methyl sites for hydroxylation is 1. The van der Waals surface area contributed by atoms with Crippen molar-refractivity contribution in [2.75, 3.05) is 0 Å². The summed E-state index contributed by atoms with van der Waals surface area (Å²) in [6, 6.07) is 15.5. The molecule has 2 aromatic carbocycles. The Morgan fingerprint density at radius 1 is 0.960 bits per heavy atom. The molecule has 0 saturated carbocycles. The maximum Gasteiger partial charge on any atom is 0.275 e. The number of hydrogen-bond acceptors (Lipinski definition) is 4. The number of hydrazine groups is 1. The molecule has 0 atom stereocenters. The van der Waals surface area contributed by atoms with E-state index in [9.17, 15) is 9.59 Å². The van der Waals surface area contributed by atoms with Crippen molar-refractivity contribution in [3.8, 4) is 11.3 Å². The molecular weight excluding hydrogens is 342 g/mol. The Labute approximate surface area is 148 Å². The molecule has 1 heterocycles. The lowest BCUT2D eigenvalue weighted by Crippen LogP contribution is -2.41. The number of hydrogen-bond donors (Lipinski definition) is 2. The summed E-state index contributed by atoms with van der Waals surface area (Å²) >= 11 is 6.17. The van der Waals surface area contributed by atoms with E-state index in [0.29, 0.717) is 27.6 Å². The summed E-state index contributed by atoms with van der Waals surface area (Å²) in [5, 5.41) is 4.36. The summed E-state index contributed by atoms with van der Waals surface area (Å²) in [6.07, 6.45) is 0. The first-order valence-electron chi connectivity index (χ1n) is 7.45. The predicted molar refractivity (Wildman–Crippen MR) is 93.1 cm³/mol. The molecule has 7 heteroatoms. The van der Waals surface area contributed by atoms with Crippen molar-refractivity contribution in [1.29, 1.82) is 0 Å². The van der Waals surface area contributed by atoms with Crippen molar-refractivity contribution in [3.63, 3.8) is 0 Å². The molecule has 0 aliphatic carbocycles. The number of carbonyl (C=O) groups excluding carboxylic acids is 2. The minimum absolute atomic E-state index is 0.210. The van der Waals surface area contributed by atoms with E-state index in [0.717, 1.165) is 0 Å². The van der Waals surface area contributed by atoms with Crippen molar-refractivity contribution < 1.29 is 14.1 Å². The van der Waals surface area contributed by atoms with E-state index in [1.807, 2.05) is 0 Å². The topological polar surface area (TPSA) is 84.2 Å².